The normalized spacial score (nSPS) is 29.8. The van der Waals surface area contributed by atoms with Gasteiger partial charge < -0.3 is 14.7 Å². The molecule has 2 heterocycles. The van der Waals surface area contributed by atoms with Gasteiger partial charge in [0.2, 0.25) is 0 Å². The lowest BCUT2D eigenvalue weighted by Gasteiger charge is -2.42. The number of amides is 1. The highest BCUT2D eigenvalue weighted by Gasteiger charge is 2.37. The van der Waals surface area contributed by atoms with Gasteiger partial charge in [0.1, 0.15) is 5.75 Å². The number of aliphatic hydroxyl groups is 1. The maximum atomic E-state index is 13.1. The van der Waals surface area contributed by atoms with E-state index in [1.165, 1.54) is 11.1 Å². The maximum Gasteiger partial charge on any atom is 0.284 e. The number of aryl methyl sites for hydroxylation is 1. The number of nitrogens with zero attached hydrogens (tertiary/aromatic N) is 2. The van der Waals surface area contributed by atoms with Crippen LogP contribution in [0.4, 0.5) is 5.69 Å². The number of allylic oxidation sites excluding steroid dienone is 1. The first-order valence-corrected chi connectivity index (χ1v) is 15.5. The molecule has 8 heteroatoms. The van der Waals surface area contributed by atoms with E-state index in [9.17, 15) is 14.1 Å². The van der Waals surface area contributed by atoms with Crippen LogP contribution < -0.4 is 9.64 Å². The second-order valence-corrected chi connectivity index (χ2v) is 12.7. The smallest absolute Gasteiger partial charge is 0.284 e. The van der Waals surface area contributed by atoms with Crippen molar-refractivity contribution < 1.29 is 18.8 Å². The van der Waals surface area contributed by atoms with Crippen molar-refractivity contribution in [2.75, 3.05) is 23.8 Å². The zero-order valence-electron chi connectivity index (χ0n) is 21.9. The minimum Gasteiger partial charge on any atom is -0.491 e. The molecule has 0 saturated heterocycles. The van der Waals surface area contributed by atoms with Crippen LogP contribution in [0.25, 0.3) is 0 Å². The summed E-state index contributed by atoms with van der Waals surface area (Å²) in [6, 6.07) is 11.5. The number of aliphatic hydroxyl groups excluding tert-OH is 1. The molecule has 38 heavy (non-hydrogen) atoms. The summed E-state index contributed by atoms with van der Waals surface area (Å²) < 4.78 is 23.0. The van der Waals surface area contributed by atoms with Crippen molar-refractivity contribution in [3.8, 4) is 5.75 Å². The molecule has 204 valence electrons. The Kier molecular flexibility index (Phi) is 8.76. The zero-order valence-corrected chi connectivity index (χ0v) is 23.5. The van der Waals surface area contributed by atoms with Crippen LogP contribution in [0.2, 0.25) is 5.02 Å². The zero-order chi connectivity index (χ0) is 26.6. The van der Waals surface area contributed by atoms with Crippen LogP contribution in [0.5, 0.6) is 5.75 Å². The number of benzene rings is 2. The van der Waals surface area contributed by atoms with Gasteiger partial charge in [-0.15, -0.1) is 0 Å². The minimum absolute atomic E-state index is 0.105. The van der Waals surface area contributed by atoms with Gasteiger partial charge in [0.05, 0.1) is 18.4 Å². The topological polar surface area (TPSA) is 79.2 Å². The molecule has 2 aliphatic heterocycles. The fourth-order valence-corrected chi connectivity index (χ4v) is 7.02. The van der Waals surface area contributed by atoms with Gasteiger partial charge >= 0.3 is 0 Å². The summed E-state index contributed by atoms with van der Waals surface area (Å²) in [5, 5.41) is 11.7. The van der Waals surface area contributed by atoms with Crippen molar-refractivity contribution >= 4 is 33.8 Å². The van der Waals surface area contributed by atoms with Crippen molar-refractivity contribution in [2.24, 2.45) is 22.1 Å². The number of halogens is 1. The third-order valence-corrected chi connectivity index (χ3v) is 9.66. The number of anilines is 1. The van der Waals surface area contributed by atoms with E-state index in [4.69, 9.17) is 16.3 Å². The summed E-state index contributed by atoms with van der Waals surface area (Å²) in [6.45, 7) is 3.94. The van der Waals surface area contributed by atoms with Crippen molar-refractivity contribution in [1.29, 1.82) is 0 Å². The van der Waals surface area contributed by atoms with E-state index >= 15 is 0 Å². The van der Waals surface area contributed by atoms with Gasteiger partial charge in [0.15, 0.2) is 0 Å². The van der Waals surface area contributed by atoms with Crippen LogP contribution in [-0.2, 0) is 23.6 Å². The van der Waals surface area contributed by atoms with Gasteiger partial charge in [0.25, 0.3) is 5.91 Å². The molecule has 0 radical (unpaired) electrons. The summed E-state index contributed by atoms with van der Waals surface area (Å²) in [4.78, 5) is 15.4. The molecule has 2 aromatic carbocycles. The molecule has 5 atom stereocenters. The molecule has 0 spiro atoms. The molecule has 1 amide bonds. The molecule has 1 saturated carbocycles. The number of hydrogen-bond donors (Lipinski definition) is 2. The highest BCUT2D eigenvalue weighted by Crippen LogP contribution is 2.41. The highest BCUT2D eigenvalue weighted by molar-refractivity contribution is 7.75. The fraction of sp³-hybridized carbons (Fsp3) is 0.500. The standard InChI is InChI=1S/C30H37ClN2O4S/c1-20-5-4-7-28(34)26-12-9-24(26)18-33-17-23-8-11-25(31)15-21(23)6-2-3-14-37-29-13-10-22(16-27(29)33)30(35)32-38(36)19-20/h4,7-8,10-11,13,15-16,20,24,26,28,34,38H,2-3,5-6,9,12,14,17-19H2,1H3/b7-4+/t20-,24-,26+,28-/m0/s1. The third kappa shape index (κ3) is 6.44. The SMILES string of the molecule is C[C@H]1C/C=C/[C@H](O)[C@@H]2CC[C@H]2CN2Cc3ccc(Cl)cc3CCCCOc3ccc(cc32)C(=O)/N=[SH](=O)\C1. The maximum absolute atomic E-state index is 13.1. The van der Waals surface area contributed by atoms with Gasteiger partial charge in [-0.1, -0.05) is 36.7 Å². The highest BCUT2D eigenvalue weighted by atomic mass is 35.5. The van der Waals surface area contributed by atoms with Gasteiger partial charge in [-0.05, 0) is 97.7 Å². The number of rotatable bonds is 0. The van der Waals surface area contributed by atoms with Crippen molar-refractivity contribution in [1.82, 2.24) is 0 Å². The predicted octanol–water partition coefficient (Wildman–Crippen LogP) is 5.85. The molecule has 1 N–H and O–H groups in total. The first-order chi connectivity index (χ1) is 18.4. The van der Waals surface area contributed by atoms with Crippen LogP contribution >= 0.6 is 11.6 Å². The monoisotopic (exact) mass is 556 g/mol. The lowest BCUT2D eigenvalue weighted by atomic mass is 9.70. The Hall–Kier alpha value is -2.35. The summed E-state index contributed by atoms with van der Waals surface area (Å²) in [7, 11) is -2.02. The summed E-state index contributed by atoms with van der Waals surface area (Å²) in [6.07, 6.45) is 8.92. The molecular weight excluding hydrogens is 520 g/mol. The van der Waals surface area contributed by atoms with E-state index < -0.39 is 22.6 Å². The lowest BCUT2D eigenvalue weighted by Crippen LogP contribution is -2.43. The van der Waals surface area contributed by atoms with E-state index in [0.717, 1.165) is 55.1 Å². The Morgan fingerprint density at radius 2 is 2.00 bits per heavy atom. The minimum atomic E-state index is -2.02. The number of hydrogen-bond acceptors (Lipinski definition) is 5. The molecule has 3 aliphatic rings. The lowest BCUT2D eigenvalue weighted by molar-refractivity contribution is 0.0460. The summed E-state index contributed by atoms with van der Waals surface area (Å²) in [5.41, 5.74) is 3.68. The number of carbonyl (C=O) groups excluding carboxylic acids is 1. The average molecular weight is 557 g/mol. The Labute approximate surface area is 232 Å². The molecule has 0 aromatic heterocycles. The Bertz CT molecular complexity index is 1290. The molecule has 6 nitrogen and oxygen atoms in total. The van der Waals surface area contributed by atoms with Gasteiger partial charge in [-0.2, -0.15) is 4.36 Å². The van der Waals surface area contributed by atoms with E-state index in [2.05, 4.69) is 21.4 Å². The van der Waals surface area contributed by atoms with Crippen LogP contribution in [-0.4, -0.2) is 40.2 Å². The molecule has 1 fully saturated rings. The number of thiol groups is 1. The van der Waals surface area contributed by atoms with Crippen molar-refractivity contribution in [3.63, 3.8) is 0 Å². The second kappa shape index (κ2) is 12.2. The summed E-state index contributed by atoms with van der Waals surface area (Å²) in [5.74, 6) is 1.21. The molecular formula is C30H37ClN2O4S. The molecule has 5 rings (SSSR count). The molecule has 1 unspecified atom stereocenters. The average Bonchev–Trinajstić information content (AvgIpc) is 2.88. The quantitative estimate of drug-likeness (QED) is 0.314. The predicted molar refractivity (Wildman–Crippen MR) is 154 cm³/mol. The van der Waals surface area contributed by atoms with Crippen LogP contribution in [0, 0.1) is 17.8 Å². The van der Waals surface area contributed by atoms with Crippen molar-refractivity contribution in [2.45, 2.75) is 58.1 Å². The Morgan fingerprint density at radius 1 is 1.13 bits per heavy atom. The molecule has 2 aromatic rings. The number of fused-ring (bicyclic) bond motifs is 3. The van der Waals surface area contributed by atoms with E-state index in [1.807, 2.05) is 37.3 Å². The molecule has 2 bridgehead atoms. The third-order valence-electron chi connectivity index (χ3n) is 8.09. The van der Waals surface area contributed by atoms with Crippen molar-refractivity contribution in [3.05, 3.63) is 70.3 Å². The Balaban J connectivity index is 1.60. The van der Waals surface area contributed by atoms with Crippen LogP contribution in [0.3, 0.4) is 0 Å². The van der Waals surface area contributed by atoms with Crippen LogP contribution in [0.15, 0.2) is 52.9 Å². The molecule has 1 aliphatic carbocycles. The largest absolute Gasteiger partial charge is 0.491 e. The first-order valence-electron chi connectivity index (χ1n) is 13.7. The van der Waals surface area contributed by atoms with E-state index in [-0.39, 0.29) is 11.8 Å². The van der Waals surface area contributed by atoms with Gasteiger partial charge in [0, 0.05) is 40.0 Å². The van der Waals surface area contributed by atoms with Crippen LogP contribution in [0.1, 0.15) is 60.5 Å². The first kappa shape index (κ1) is 27.2. The Morgan fingerprint density at radius 3 is 2.82 bits per heavy atom. The van der Waals surface area contributed by atoms with Gasteiger partial charge in [-0.3, -0.25) is 9.00 Å². The summed E-state index contributed by atoms with van der Waals surface area (Å²) >= 11 is 6.37. The number of ether oxygens (including phenoxy) is 1. The van der Waals surface area contributed by atoms with E-state index in [1.54, 1.807) is 6.07 Å². The van der Waals surface area contributed by atoms with E-state index in [0.29, 0.717) is 36.8 Å². The number of carbonyl (C=O) groups is 1. The second-order valence-electron chi connectivity index (χ2n) is 11.0. The fourth-order valence-electron chi connectivity index (χ4n) is 5.74. The van der Waals surface area contributed by atoms with Gasteiger partial charge in [-0.25, -0.2) is 0 Å².